The van der Waals surface area contributed by atoms with Gasteiger partial charge in [0, 0.05) is 61.0 Å². The minimum Gasteiger partial charge on any atom is -0.311 e. The second-order valence-corrected chi connectivity index (χ2v) is 20.4. The lowest BCUT2D eigenvalue weighted by Gasteiger charge is -2.26. The third-order valence-corrected chi connectivity index (χ3v) is 16.4. The zero-order chi connectivity index (χ0) is 41.5. The van der Waals surface area contributed by atoms with Crippen LogP contribution in [0.3, 0.4) is 0 Å². The third kappa shape index (κ3) is 9.61. The number of carbonyl (C=O) groups excluding carboxylic acids is 3. The molecule has 296 valence electrons. The van der Waals surface area contributed by atoms with Crippen LogP contribution in [-0.4, -0.2) is 18.9 Å². The van der Waals surface area contributed by atoms with Crippen molar-refractivity contribution < 1.29 is 14.4 Å². The van der Waals surface area contributed by atoms with Crippen LogP contribution in [-0.2, 0) is 0 Å². The fourth-order valence-electron chi connectivity index (χ4n) is 6.56. The summed E-state index contributed by atoms with van der Waals surface area (Å²) >= 11 is 9.67. The largest absolute Gasteiger partial charge is 0.311 e. The van der Waals surface area contributed by atoms with Crippen LogP contribution in [0.4, 0.5) is 17.1 Å². The zero-order valence-electron chi connectivity index (χ0n) is 32.2. The van der Waals surface area contributed by atoms with Gasteiger partial charge < -0.3 is 4.90 Å². The fraction of sp³-hybridized carbons (Fsp3) is 0. The maximum absolute atomic E-state index is 11.2. The van der Waals surface area contributed by atoms with Crippen molar-refractivity contribution in [3.05, 3.63) is 192 Å². The number of anilines is 3. The molecule has 0 aliphatic heterocycles. The Morgan fingerprint density at radius 1 is 0.262 bits per heavy atom. The van der Waals surface area contributed by atoms with Crippen LogP contribution >= 0.6 is 68.0 Å². The lowest BCUT2D eigenvalue weighted by molar-refractivity contribution is 0.111. The van der Waals surface area contributed by atoms with Crippen molar-refractivity contribution in [3.8, 4) is 29.3 Å². The van der Waals surface area contributed by atoms with Crippen LogP contribution in [0.2, 0.25) is 0 Å². The first-order chi connectivity index (χ1) is 30.0. The summed E-state index contributed by atoms with van der Waals surface area (Å²) in [7, 11) is 0. The quantitative estimate of drug-likeness (QED) is 0.0962. The minimum atomic E-state index is 0.736. The lowest BCUT2D eigenvalue weighted by atomic mass is 10.1. The molecule has 6 aromatic heterocycles. The molecule has 0 saturated carbocycles. The van der Waals surface area contributed by atoms with Crippen LogP contribution in [0.25, 0.3) is 65.7 Å². The van der Waals surface area contributed by atoms with Crippen LogP contribution in [0, 0.1) is 0 Å². The molecule has 0 atom stereocenters. The van der Waals surface area contributed by atoms with Crippen molar-refractivity contribution in [1.29, 1.82) is 0 Å². The van der Waals surface area contributed by atoms with E-state index in [2.05, 4.69) is 151 Å². The second-order valence-electron chi connectivity index (χ2n) is 13.7. The summed E-state index contributed by atoms with van der Waals surface area (Å²) < 4.78 is 0. The van der Waals surface area contributed by atoms with Crippen molar-refractivity contribution in [2.75, 3.05) is 4.90 Å². The molecule has 61 heavy (non-hydrogen) atoms. The molecule has 0 N–H and O–H groups in total. The maximum Gasteiger partial charge on any atom is 0.160 e. The number of hydrogen-bond donors (Lipinski definition) is 0. The van der Waals surface area contributed by atoms with E-state index in [0.717, 1.165) is 111 Å². The van der Waals surface area contributed by atoms with Gasteiger partial charge >= 0.3 is 0 Å². The lowest BCUT2D eigenvalue weighted by Crippen LogP contribution is -2.09. The van der Waals surface area contributed by atoms with Crippen LogP contribution in [0.5, 0.6) is 0 Å². The zero-order valence-corrected chi connectivity index (χ0v) is 37.1. The molecule has 6 heterocycles. The topological polar surface area (TPSA) is 54.5 Å². The van der Waals surface area contributed by atoms with Crippen molar-refractivity contribution in [2.24, 2.45) is 0 Å². The molecule has 0 aliphatic rings. The fourth-order valence-corrected chi connectivity index (χ4v) is 12.0. The monoisotopic (exact) mass is 899 g/mol. The molecule has 9 rings (SSSR count). The number of hydrogen-bond acceptors (Lipinski definition) is 10. The van der Waals surface area contributed by atoms with Gasteiger partial charge in [-0.3, -0.25) is 14.4 Å². The summed E-state index contributed by atoms with van der Waals surface area (Å²) in [6.07, 6.45) is 15.5. The van der Waals surface area contributed by atoms with Gasteiger partial charge in [0.25, 0.3) is 0 Å². The van der Waals surface area contributed by atoms with E-state index in [1.807, 2.05) is 36.4 Å². The molecule has 0 fully saturated rings. The first kappa shape index (κ1) is 40.3. The molecule has 0 aliphatic carbocycles. The molecule has 0 bridgehead atoms. The SMILES string of the molecule is O=Cc1ccc(-c2ccc(/C=C/c3ccc(N(c4ccc(/C=C/c5ccc(-c6ccc(C=O)s6)s5)cc4)c4ccc(/C=C/c5ccc(-c6ccc(C=O)s6)s5)cc4)cc3)s2)s1. The average Bonchev–Trinajstić information content (AvgIpc) is 4.16. The van der Waals surface area contributed by atoms with Crippen molar-refractivity contribution in [1.82, 2.24) is 0 Å². The van der Waals surface area contributed by atoms with Gasteiger partial charge in [-0.25, -0.2) is 0 Å². The predicted octanol–water partition coefficient (Wildman–Crippen LogP) is 16.5. The summed E-state index contributed by atoms with van der Waals surface area (Å²) in [5, 5.41) is 0. The number of nitrogens with zero attached hydrogens (tertiary/aromatic N) is 1. The predicted molar refractivity (Wildman–Crippen MR) is 267 cm³/mol. The molecule has 0 spiro atoms. The highest BCUT2D eigenvalue weighted by atomic mass is 32.1. The summed E-state index contributed by atoms with van der Waals surface area (Å²) in [6, 6.07) is 50.2. The smallest absolute Gasteiger partial charge is 0.160 e. The van der Waals surface area contributed by atoms with Gasteiger partial charge in [-0.2, -0.15) is 0 Å². The molecule has 0 saturated heterocycles. The normalized spacial score (nSPS) is 11.6. The number of thiophene rings is 6. The van der Waals surface area contributed by atoms with Gasteiger partial charge in [0.15, 0.2) is 18.9 Å². The Hall–Kier alpha value is -6.11. The summed E-state index contributed by atoms with van der Waals surface area (Å²) in [5.74, 6) is 0. The highest BCUT2D eigenvalue weighted by molar-refractivity contribution is 7.24. The first-order valence-corrected chi connectivity index (χ1v) is 24.0. The van der Waals surface area contributed by atoms with E-state index in [-0.39, 0.29) is 0 Å². The average molecular weight is 900 g/mol. The maximum atomic E-state index is 11.2. The van der Waals surface area contributed by atoms with Crippen molar-refractivity contribution in [3.63, 3.8) is 0 Å². The molecule has 10 heteroatoms. The van der Waals surface area contributed by atoms with Gasteiger partial charge in [0.2, 0.25) is 0 Å². The molecule has 0 unspecified atom stereocenters. The number of benzene rings is 3. The van der Waals surface area contributed by atoms with Gasteiger partial charge in [-0.1, -0.05) is 54.6 Å². The Kier molecular flexibility index (Phi) is 12.3. The van der Waals surface area contributed by atoms with E-state index in [0.29, 0.717) is 0 Å². The molecular formula is C51H33NO3S6. The van der Waals surface area contributed by atoms with E-state index in [9.17, 15) is 14.4 Å². The Bertz CT molecular complexity index is 2710. The third-order valence-electron chi connectivity index (χ3n) is 9.61. The van der Waals surface area contributed by atoms with E-state index >= 15 is 0 Å². The van der Waals surface area contributed by atoms with E-state index in [1.54, 1.807) is 34.0 Å². The number of aldehydes is 3. The van der Waals surface area contributed by atoms with Crippen LogP contribution in [0.15, 0.2) is 146 Å². The first-order valence-electron chi connectivity index (χ1n) is 19.1. The molecule has 0 radical (unpaired) electrons. The molecule has 9 aromatic rings. The van der Waals surface area contributed by atoms with Crippen molar-refractivity contribution >= 4 is 140 Å². The summed E-state index contributed by atoms with van der Waals surface area (Å²) in [5.41, 5.74) is 6.42. The Balaban J connectivity index is 0.945. The summed E-state index contributed by atoms with van der Waals surface area (Å²) in [6.45, 7) is 0. The number of rotatable bonds is 15. The number of carbonyl (C=O) groups is 3. The van der Waals surface area contributed by atoms with E-state index in [4.69, 9.17) is 0 Å². The highest BCUT2D eigenvalue weighted by Gasteiger charge is 2.13. The molecular weight excluding hydrogens is 867 g/mol. The molecule has 3 aromatic carbocycles. The minimum absolute atomic E-state index is 0.736. The van der Waals surface area contributed by atoms with E-state index < -0.39 is 0 Å². The van der Waals surface area contributed by atoms with Gasteiger partial charge in [0.05, 0.1) is 14.6 Å². The molecule has 4 nitrogen and oxygen atoms in total. The van der Waals surface area contributed by atoms with Crippen LogP contribution in [0.1, 0.15) is 60.3 Å². The molecule has 0 amide bonds. The Labute approximate surface area is 377 Å². The Morgan fingerprint density at radius 2 is 0.492 bits per heavy atom. The van der Waals surface area contributed by atoms with Gasteiger partial charge in [-0.05, 0) is 144 Å². The summed E-state index contributed by atoms with van der Waals surface area (Å²) in [4.78, 5) is 48.2. The second kappa shape index (κ2) is 18.7. The van der Waals surface area contributed by atoms with Crippen molar-refractivity contribution in [2.45, 2.75) is 0 Å². The highest BCUT2D eigenvalue weighted by Crippen LogP contribution is 2.38. The van der Waals surface area contributed by atoms with E-state index in [1.165, 1.54) is 34.0 Å². The van der Waals surface area contributed by atoms with Crippen LogP contribution < -0.4 is 4.90 Å². The van der Waals surface area contributed by atoms with Gasteiger partial charge in [-0.15, -0.1) is 68.0 Å². The van der Waals surface area contributed by atoms with Gasteiger partial charge in [0.1, 0.15) is 0 Å². The standard InChI is InChI=1S/C51H33NO3S6/c53-31-43-22-28-49(59-43)46-25-19-40(56-46)16-7-34-1-10-37(11-2-34)52(38-12-3-35(4-13-38)8-17-41-20-26-47(57-41)50-29-23-44(32-54)60-50)39-14-5-36(6-15-39)9-18-42-21-27-48(58-42)51-30-24-45(33-55)61-51/h1-33H/b16-7+,17-8+,18-9+. The Morgan fingerprint density at radius 3 is 0.721 bits per heavy atom.